The number of carbonyl (C=O) groups is 2. The number of ether oxygens (including phenoxy) is 1. The highest BCUT2D eigenvalue weighted by molar-refractivity contribution is 7.92. The number of benzene rings is 3. The molecular formula is C28H30Cl3N3O5S. The summed E-state index contributed by atoms with van der Waals surface area (Å²) in [6.07, 6.45) is 1.16. The van der Waals surface area contributed by atoms with Crippen LogP contribution in [0.25, 0.3) is 0 Å². The Morgan fingerprint density at radius 1 is 0.950 bits per heavy atom. The molecule has 40 heavy (non-hydrogen) atoms. The van der Waals surface area contributed by atoms with Crippen molar-refractivity contribution in [3.8, 4) is 5.75 Å². The van der Waals surface area contributed by atoms with Crippen LogP contribution in [-0.2, 0) is 32.6 Å². The minimum Gasteiger partial charge on any atom is -0.495 e. The standard InChI is InChI=1S/C28H30Cl3N3O5S/c1-4-32-28(36)25(15-19-9-6-5-7-10-19)33(17-21-22(29)11-8-12-23(21)30)27(35)18-34(40(3,37)38)20-13-14-26(39-2)24(31)16-20/h5-14,16,25H,4,15,17-18H2,1-3H3,(H,32,36). The molecule has 0 aliphatic carbocycles. The van der Waals surface area contributed by atoms with Gasteiger partial charge in [-0.05, 0) is 42.8 Å². The second-order valence-electron chi connectivity index (χ2n) is 8.91. The van der Waals surface area contributed by atoms with Crippen molar-refractivity contribution in [1.82, 2.24) is 10.2 Å². The summed E-state index contributed by atoms with van der Waals surface area (Å²) >= 11 is 19.2. The minimum absolute atomic E-state index is 0.132. The Balaban J connectivity index is 2.09. The van der Waals surface area contributed by atoms with E-state index in [4.69, 9.17) is 39.5 Å². The fourth-order valence-electron chi connectivity index (χ4n) is 4.12. The maximum absolute atomic E-state index is 14.0. The van der Waals surface area contributed by atoms with Crippen molar-refractivity contribution in [2.45, 2.75) is 25.9 Å². The first-order chi connectivity index (χ1) is 19.0. The first-order valence-electron chi connectivity index (χ1n) is 12.3. The Bertz CT molecular complexity index is 1430. The number of rotatable bonds is 12. The molecule has 2 amide bonds. The number of amides is 2. The molecule has 0 radical (unpaired) electrons. The number of nitrogens with one attached hydrogen (secondary N) is 1. The molecular weight excluding hydrogens is 597 g/mol. The Labute approximate surface area is 249 Å². The molecule has 214 valence electrons. The van der Waals surface area contributed by atoms with Gasteiger partial charge in [-0.25, -0.2) is 8.42 Å². The summed E-state index contributed by atoms with van der Waals surface area (Å²) in [4.78, 5) is 28.7. The molecule has 0 aliphatic heterocycles. The van der Waals surface area contributed by atoms with E-state index in [1.54, 1.807) is 25.1 Å². The SMILES string of the molecule is CCNC(=O)C(Cc1ccccc1)N(Cc1c(Cl)cccc1Cl)C(=O)CN(c1ccc(OC)c(Cl)c1)S(C)(=O)=O. The summed E-state index contributed by atoms with van der Waals surface area (Å²) in [6, 6.07) is 17.5. The summed E-state index contributed by atoms with van der Waals surface area (Å²) in [5.74, 6) is -0.693. The number of halogens is 3. The predicted octanol–water partition coefficient (Wildman–Crippen LogP) is 5.20. The molecule has 0 aromatic heterocycles. The molecule has 0 spiro atoms. The van der Waals surface area contributed by atoms with E-state index in [2.05, 4.69) is 5.32 Å². The van der Waals surface area contributed by atoms with Crippen LogP contribution in [0.15, 0.2) is 66.7 Å². The van der Waals surface area contributed by atoms with Gasteiger partial charge in [-0.3, -0.25) is 13.9 Å². The lowest BCUT2D eigenvalue weighted by molar-refractivity contribution is -0.140. The predicted molar refractivity (Wildman–Crippen MR) is 160 cm³/mol. The zero-order valence-corrected chi connectivity index (χ0v) is 25.3. The molecule has 3 aromatic rings. The van der Waals surface area contributed by atoms with Gasteiger partial charge in [-0.2, -0.15) is 0 Å². The fourth-order valence-corrected chi connectivity index (χ4v) is 5.73. The third-order valence-corrected chi connectivity index (χ3v) is 8.26. The molecule has 3 aromatic carbocycles. The topological polar surface area (TPSA) is 96.0 Å². The Morgan fingerprint density at radius 3 is 2.15 bits per heavy atom. The Kier molecular flexibility index (Phi) is 11.1. The van der Waals surface area contributed by atoms with Crippen LogP contribution in [0.2, 0.25) is 15.1 Å². The van der Waals surface area contributed by atoms with Crippen LogP contribution < -0.4 is 14.4 Å². The molecule has 12 heteroatoms. The van der Waals surface area contributed by atoms with Crippen molar-refractivity contribution in [1.29, 1.82) is 0 Å². The van der Waals surface area contributed by atoms with Gasteiger partial charge in [0.2, 0.25) is 21.8 Å². The average molecular weight is 627 g/mol. The van der Waals surface area contributed by atoms with Gasteiger partial charge in [0.05, 0.1) is 24.1 Å². The summed E-state index contributed by atoms with van der Waals surface area (Å²) in [5, 5.41) is 3.57. The Morgan fingerprint density at radius 2 is 1.60 bits per heavy atom. The molecule has 0 aliphatic rings. The van der Waals surface area contributed by atoms with Crippen LogP contribution in [0.4, 0.5) is 5.69 Å². The minimum atomic E-state index is -3.95. The van der Waals surface area contributed by atoms with Crippen molar-refractivity contribution >= 4 is 62.3 Å². The first kappa shape index (κ1) is 31.5. The van der Waals surface area contributed by atoms with E-state index < -0.39 is 34.4 Å². The molecule has 1 N–H and O–H groups in total. The largest absolute Gasteiger partial charge is 0.495 e. The monoisotopic (exact) mass is 625 g/mol. The highest BCUT2D eigenvalue weighted by Gasteiger charge is 2.33. The second-order valence-corrected chi connectivity index (χ2v) is 12.0. The Hall–Kier alpha value is -2.98. The van der Waals surface area contributed by atoms with E-state index in [-0.39, 0.29) is 23.7 Å². The lowest BCUT2D eigenvalue weighted by Crippen LogP contribution is -2.53. The third-order valence-electron chi connectivity index (χ3n) is 6.11. The lowest BCUT2D eigenvalue weighted by atomic mass is 10.0. The van der Waals surface area contributed by atoms with E-state index in [1.165, 1.54) is 30.2 Å². The van der Waals surface area contributed by atoms with Crippen molar-refractivity contribution in [2.75, 3.05) is 30.8 Å². The van der Waals surface area contributed by atoms with Crippen molar-refractivity contribution in [3.63, 3.8) is 0 Å². The fraction of sp³-hybridized carbons (Fsp3) is 0.286. The molecule has 0 saturated heterocycles. The third kappa shape index (κ3) is 8.04. The van der Waals surface area contributed by atoms with Crippen LogP contribution in [0, 0.1) is 0 Å². The number of methoxy groups -OCH3 is 1. The molecule has 1 atom stereocenters. The first-order valence-corrected chi connectivity index (χ1v) is 15.3. The number of anilines is 1. The van der Waals surface area contributed by atoms with E-state index in [1.807, 2.05) is 30.3 Å². The van der Waals surface area contributed by atoms with Gasteiger partial charge < -0.3 is 15.0 Å². The highest BCUT2D eigenvalue weighted by atomic mass is 35.5. The van der Waals surface area contributed by atoms with E-state index in [9.17, 15) is 18.0 Å². The van der Waals surface area contributed by atoms with Gasteiger partial charge in [-0.15, -0.1) is 0 Å². The number of nitrogens with zero attached hydrogens (tertiary/aromatic N) is 2. The quantitative estimate of drug-likeness (QED) is 0.298. The van der Waals surface area contributed by atoms with Crippen LogP contribution in [0.5, 0.6) is 5.75 Å². The van der Waals surface area contributed by atoms with Crippen molar-refractivity contribution < 1.29 is 22.7 Å². The highest BCUT2D eigenvalue weighted by Crippen LogP contribution is 2.31. The normalized spacial score (nSPS) is 11.9. The van der Waals surface area contributed by atoms with Crippen LogP contribution >= 0.6 is 34.8 Å². The number of hydrogen-bond acceptors (Lipinski definition) is 5. The molecule has 8 nitrogen and oxygen atoms in total. The number of carbonyl (C=O) groups excluding carboxylic acids is 2. The summed E-state index contributed by atoms with van der Waals surface area (Å²) in [6.45, 7) is 1.37. The van der Waals surface area contributed by atoms with Crippen LogP contribution in [0.3, 0.4) is 0 Å². The van der Waals surface area contributed by atoms with Gasteiger partial charge in [-0.1, -0.05) is 71.2 Å². The maximum atomic E-state index is 14.0. The van der Waals surface area contributed by atoms with Gasteiger partial charge in [0.1, 0.15) is 18.3 Å². The molecule has 0 bridgehead atoms. The van der Waals surface area contributed by atoms with E-state index in [0.717, 1.165) is 16.1 Å². The maximum Gasteiger partial charge on any atom is 0.244 e. The van der Waals surface area contributed by atoms with Gasteiger partial charge in [0.15, 0.2) is 0 Å². The van der Waals surface area contributed by atoms with Gasteiger partial charge in [0.25, 0.3) is 0 Å². The van der Waals surface area contributed by atoms with Crippen molar-refractivity contribution in [2.24, 2.45) is 0 Å². The van der Waals surface area contributed by atoms with Gasteiger partial charge in [0, 0.05) is 35.1 Å². The molecule has 0 heterocycles. The summed E-state index contributed by atoms with van der Waals surface area (Å²) in [5.41, 5.74) is 1.40. The van der Waals surface area contributed by atoms with Gasteiger partial charge >= 0.3 is 0 Å². The van der Waals surface area contributed by atoms with Crippen LogP contribution in [-0.4, -0.2) is 57.6 Å². The number of hydrogen-bond donors (Lipinski definition) is 1. The molecule has 3 rings (SSSR count). The number of sulfonamides is 1. The van der Waals surface area contributed by atoms with Crippen LogP contribution in [0.1, 0.15) is 18.1 Å². The molecule has 0 saturated carbocycles. The van der Waals surface area contributed by atoms with E-state index >= 15 is 0 Å². The lowest BCUT2D eigenvalue weighted by Gasteiger charge is -2.34. The number of likely N-dealkylation sites (N-methyl/N-ethyl adjacent to an activating group) is 1. The van der Waals surface area contributed by atoms with Crippen molar-refractivity contribution in [3.05, 3.63) is 92.9 Å². The summed E-state index contributed by atoms with van der Waals surface area (Å²) < 4.78 is 31.9. The smallest absolute Gasteiger partial charge is 0.244 e. The summed E-state index contributed by atoms with van der Waals surface area (Å²) in [7, 11) is -2.52. The molecule has 0 fully saturated rings. The molecule has 1 unspecified atom stereocenters. The van der Waals surface area contributed by atoms with E-state index in [0.29, 0.717) is 27.9 Å². The zero-order chi connectivity index (χ0) is 29.4. The average Bonchev–Trinajstić information content (AvgIpc) is 2.90. The second kappa shape index (κ2) is 14.1. The zero-order valence-electron chi connectivity index (χ0n) is 22.2.